The van der Waals surface area contributed by atoms with Crippen molar-refractivity contribution >= 4 is 0 Å². The molecular formula is C16H20N2. The van der Waals surface area contributed by atoms with Gasteiger partial charge < -0.3 is 11.5 Å². The first-order chi connectivity index (χ1) is 8.60. The molecule has 2 aromatic carbocycles. The quantitative estimate of drug-likeness (QED) is 0.866. The molecule has 1 atom stereocenters. The minimum absolute atomic E-state index is 0.0872. The second kappa shape index (κ2) is 5.34. The maximum Gasteiger partial charge on any atom is 0.0419 e. The van der Waals surface area contributed by atoms with E-state index in [-0.39, 0.29) is 6.04 Å². The third-order valence-electron chi connectivity index (χ3n) is 3.12. The van der Waals surface area contributed by atoms with E-state index in [9.17, 15) is 0 Å². The fraction of sp³-hybridized carbons (Fsp3) is 0.250. The minimum Gasteiger partial charge on any atom is -0.329 e. The maximum atomic E-state index is 5.98. The first-order valence-corrected chi connectivity index (χ1v) is 6.24. The van der Waals surface area contributed by atoms with Crippen molar-refractivity contribution < 1.29 is 0 Å². The van der Waals surface area contributed by atoms with E-state index < -0.39 is 0 Å². The van der Waals surface area contributed by atoms with E-state index in [2.05, 4.69) is 44.2 Å². The molecule has 0 heterocycles. The average molecular weight is 240 g/mol. The Morgan fingerprint density at radius 2 is 1.61 bits per heavy atom. The summed E-state index contributed by atoms with van der Waals surface area (Å²) in [7, 11) is 0. The summed E-state index contributed by atoms with van der Waals surface area (Å²) in [4.78, 5) is 0. The van der Waals surface area contributed by atoms with Gasteiger partial charge >= 0.3 is 0 Å². The van der Waals surface area contributed by atoms with Crippen molar-refractivity contribution in [3.8, 4) is 11.1 Å². The molecule has 4 N–H and O–H groups in total. The van der Waals surface area contributed by atoms with Gasteiger partial charge in [0.25, 0.3) is 0 Å². The van der Waals surface area contributed by atoms with Gasteiger partial charge in [0.1, 0.15) is 0 Å². The molecule has 2 nitrogen and oxygen atoms in total. The van der Waals surface area contributed by atoms with Crippen molar-refractivity contribution in [1.29, 1.82) is 0 Å². The Bertz CT molecular complexity index is 526. The van der Waals surface area contributed by atoms with Gasteiger partial charge in [0.2, 0.25) is 0 Å². The highest BCUT2D eigenvalue weighted by atomic mass is 14.7. The smallest absolute Gasteiger partial charge is 0.0419 e. The van der Waals surface area contributed by atoms with E-state index in [1.165, 1.54) is 22.3 Å². The number of rotatable bonds is 3. The van der Waals surface area contributed by atoms with Crippen LogP contribution in [0.25, 0.3) is 11.1 Å². The second-order valence-electron chi connectivity index (χ2n) is 4.84. The molecule has 2 rings (SSSR count). The van der Waals surface area contributed by atoms with E-state index in [0.29, 0.717) is 6.54 Å². The molecule has 0 aliphatic carbocycles. The number of hydrogen-bond acceptors (Lipinski definition) is 2. The molecule has 2 aromatic rings. The van der Waals surface area contributed by atoms with E-state index in [1.807, 2.05) is 12.1 Å². The van der Waals surface area contributed by atoms with Crippen LogP contribution in [0.2, 0.25) is 0 Å². The highest BCUT2D eigenvalue weighted by Gasteiger charge is 2.05. The Hall–Kier alpha value is -1.64. The summed E-state index contributed by atoms with van der Waals surface area (Å²) >= 11 is 0. The molecule has 0 saturated carbocycles. The Labute approximate surface area is 109 Å². The molecule has 0 amide bonds. The maximum absolute atomic E-state index is 5.98. The van der Waals surface area contributed by atoms with Gasteiger partial charge in [-0.15, -0.1) is 0 Å². The van der Waals surface area contributed by atoms with Crippen LogP contribution >= 0.6 is 0 Å². The predicted octanol–water partition coefficient (Wildman–Crippen LogP) is 2.93. The first kappa shape index (κ1) is 12.8. The summed E-state index contributed by atoms with van der Waals surface area (Å²) in [6, 6.07) is 14.8. The van der Waals surface area contributed by atoms with Crippen molar-refractivity contribution in [2.45, 2.75) is 19.9 Å². The van der Waals surface area contributed by atoms with Crippen LogP contribution in [0, 0.1) is 13.8 Å². The van der Waals surface area contributed by atoms with Crippen molar-refractivity contribution in [3.05, 3.63) is 59.2 Å². The molecule has 2 heteroatoms. The van der Waals surface area contributed by atoms with Crippen LogP contribution < -0.4 is 11.5 Å². The lowest BCUT2D eigenvalue weighted by molar-refractivity contribution is 0.737. The summed E-state index contributed by atoms with van der Waals surface area (Å²) in [5, 5.41) is 0. The summed E-state index contributed by atoms with van der Waals surface area (Å²) in [6.45, 7) is 4.70. The summed E-state index contributed by atoms with van der Waals surface area (Å²) < 4.78 is 0. The van der Waals surface area contributed by atoms with Crippen molar-refractivity contribution in [1.82, 2.24) is 0 Å². The third-order valence-corrected chi connectivity index (χ3v) is 3.12. The molecule has 0 aliphatic rings. The molecule has 94 valence electrons. The molecule has 0 aliphatic heterocycles. The van der Waals surface area contributed by atoms with Crippen LogP contribution in [0.3, 0.4) is 0 Å². The van der Waals surface area contributed by atoms with Crippen LogP contribution in [0.15, 0.2) is 42.5 Å². The molecule has 0 bridgehead atoms. The molecule has 1 unspecified atom stereocenters. The van der Waals surface area contributed by atoms with Gasteiger partial charge in [0.15, 0.2) is 0 Å². The minimum atomic E-state index is -0.0872. The summed E-state index contributed by atoms with van der Waals surface area (Å²) in [5.74, 6) is 0. The van der Waals surface area contributed by atoms with Crippen molar-refractivity contribution in [2.24, 2.45) is 11.5 Å². The highest BCUT2D eigenvalue weighted by Crippen LogP contribution is 2.24. The fourth-order valence-electron chi connectivity index (χ4n) is 2.23. The van der Waals surface area contributed by atoms with Gasteiger partial charge in [0.05, 0.1) is 0 Å². The summed E-state index contributed by atoms with van der Waals surface area (Å²) in [6.07, 6.45) is 0. The van der Waals surface area contributed by atoms with Gasteiger partial charge in [-0.05, 0) is 36.6 Å². The van der Waals surface area contributed by atoms with Crippen LogP contribution in [-0.2, 0) is 0 Å². The Balaban J connectivity index is 2.44. The van der Waals surface area contributed by atoms with Crippen LogP contribution in [0.1, 0.15) is 22.7 Å². The van der Waals surface area contributed by atoms with Crippen molar-refractivity contribution in [2.75, 3.05) is 6.54 Å². The molecule has 0 spiro atoms. The molecule has 0 fully saturated rings. The standard InChI is InChI=1S/C16H20N2/c1-11-6-12(2)8-15(7-11)13-4-3-5-14(9-13)16(18)10-17/h3-9,16H,10,17-18H2,1-2H3. The second-order valence-corrected chi connectivity index (χ2v) is 4.84. The number of nitrogens with two attached hydrogens (primary N) is 2. The van der Waals surface area contributed by atoms with Gasteiger partial charge in [-0.1, -0.05) is 47.5 Å². The molecule has 0 aromatic heterocycles. The zero-order chi connectivity index (χ0) is 13.1. The molecule has 0 radical (unpaired) electrons. The average Bonchev–Trinajstić information content (AvgIpc) is 2.37. The number of benzene rings is 2. The topological polar surface area (TPSA) is 52.0 Å². The SMILES string of the molecule is Cc1cc(C)cc(-c2cccc(C(N)CN)c2)c1. The fourth-order valence-corrected chi connectivity index (χ4v) is 2.23. The molecular weight excluding hydrogens is 220 g/mol. The lowest BCUT2D eigenvalue weighted by Crippen LogP contribution is -2.20. The Morgan fingerprint density at radius 1 is 0.944 bits per heavy atom. The third kappa shape index (κ3) is 2.78. The zero-order valence-electron chi connectivity index (χ0n) is 11.0. The Morgan fingerprint density at radius 3 is 2.22 bits per heavy atom. The largest absolute Gasteiger partial charge is 0.329 e. The van der Waals surface area contributed by atoms with Crippen molar-refractivity contribution in [3.63, 3.8) is 0 Å². The van der Waals surface area contributed by atoms with Gasteiger partial charge in [0, 0.05) is 12.6 Å². The van der Waals surface area contributed by atoms with Gasteiger partial charge in [-0.25, -0.2) is 0 Å². The predicted molar refractivity (Wildman–Crippen MR) is 77.3 cm³/mol. The Kier molecular flexibility index (Phi) is 3.80. The number of aryl methyl sites for hydroxylation is 2. The van der Waals surface area contributed by atoms with Crippen LogP contribution in [0.4, 0.5) is 0 Å². The lowest BCUT2D eigenvalue weighted by atomic mass is 9.97. The van der Waals surface area contributed by atoms with Crippen LogP contribution in [-0.4, -0.2) is 6.54 Å². The van der Waals surface area contributed by atoms with E-state index >= 15 is 0 Å². The number of hydrogen-bond donors (Lipinski definition) is 2. The van der Waals surface area contributed by atoms with E-state index in [1.54, 1.807) is 0 Å². The summed E-state index contributed by atoms with van der Waals surface area (Å²) in [5.41, 5.74) is 17.7. The highest BCUT2D eigenvalue weighted by molar-refractivity contribution is 5.66. The van der Waals surface area contributed by atoms with E-state index in [0.717, 1.165) is 5.56 Å². The van der Waals surface area contributed by atoms with Gasteiger partial charge in [-0.3, -0.25) is 0 Å². The molecule has 18 heavy (non-hydrogen) atoms. The monoisotopic (exact) mass is 240 g/mol. The lowest BCUT2D eigenvalue weighted by Gasteiger charge is -2.12. The van der Waals surface area contributed by atoms with E-state index in [4.69, 9.17) is 11.5 Å². The van der Waals surface area contributed by atoms with Crippen LogP contribution in [0.5, 0.6) is 0 Å². The normalized spacial score (nSPS) is 12.4. The first-order valence-electron chi connectivity index (χ1n) is 6.24. The molecule has 0 saturated heterocycles. The zero-order valence-corrected chi connectivity index (χ0v) is 11.0. The van der Waals surface area contributed by atoms with Gasteiger partial charge in [-0.2, -0.15) is 0 Å².